The molecule has 1 rings (SSSR count). The van der Waals surface area contributed by atoms with Crippen molar-refractivity contribution >= 4 is 11.9 Å². The fourth-order valence-electron chi connectivity index (χ4n) is 2.34. The quantitative estimate of drug-likeness (QED) is 0.576. The smallest absolute Gasteiger partial charge is 0.217 e. The Hall–Kier alpha value is -1.26. The SMILES string of the molecule is CN=C(NCC(C)C)N1CCCC(CC(N)=O)C1. The van der Waals surface area contributed by atoms with E-state index >= 15 is 0 Å². The van der Waals surface area contributed by atoms with Gasteiger partial charge in [-0.1, -0.05) is 13.8 Å². The summed E-state index contributed by atoms with van der Waals surface area (Å²) >= 11 is 0. The van der Waals surface area contributed by atoms with E-state index in [9.17, 15) is 4.79 Å². The minimum atomic E-state index is -0.202. The molecule has 1 atom stereocenters. The molecule has 1 aliphatic rings. The van der Waals surface area contributed by atoms with Gasteiger partial charge in [-0.05, 0) is 24.7 Å². The van der Waals surface area contributed by atoms with Crippen molar-refractivity contribution in [1.82, 2.24) is 10.2 Å². The van der Waals surface area contributed by atoms with E-state index in [1.54, 1.807) is 7.05 Å². The summed E-state index contributed by atoms with van der Waals surface area (Å²) in [7, 11) is 1.81. The Labute approximate surface area is 110 Å². The zero-order valence-electron chi connectivity index (χ0n) is 11.8. The second-order valence-electron chi connectivity index (χ2n) is 5.45. The van der Waals surface area contributed by atoms with Crippen LogP contribution in [0.4, 0.5) is 0 Å². The highest BCUT2D eigenvalue weighted by molar-refractivity contribution is 5.80. The van der Waals surface area contributed by atoms with Crippen molar-refractivity contribution in [3.63, 3.8) is 0 Å². The molecule has 0 radical (unpaired) electrons. The molecule has 1 aliphatic heterocycles. The second kappa shape index (κ2) is 7.24. The number of carbonyl (C=O) groups excluding carboxylic acids is 1. The van der Waals surface area contributed by atoms with Crippen molar-refractivity contribution in [2.75, 3.05) is 26.7 Å². The van der Waals surface area contributed by atoms with E-state index in [0.29, 0.717) is 18.3 Å². The Morgan fingerprint density at radius 2 is 2.28 bits per heavy atom. The van der Waals surface area contributed by atoms with E-state index in [1.807, 2.05) is 0 Å². The number of nitrogens with one attached hydrogen (secondary N) is 1. The van der Waals surface area contributed by atoms with Crippen molar-refractivity contribution in [2.45, 2.75) is 33.1 Å². The summed E-state index contributed by atoms with van der Waals surface area (Å²) in [5.74, 6) is 1.70. The molecule has 0 bridgehead atoms. The molecule has 1 heterocycles. The maximum Gasteiger partial charge on any atom is 0.217 e. The van der Waals surface area contributed by atoms with E-state index in [4.69, 9.17) is 5.73 Å². The lowest BCUT2D eigenvalue weighted by Crippen LogP contribution is -2.47. The molecule has 3 N–H and O–H groups in total. The number of guanidine groups is 1. The summed E-state index contributed by atoms with van der Waals surface area (Å²) in [5.41, 5.74) is 5.27. The number of aliphatic imine (C=N–C) groups is 1. The van der Waals surface area contributed by atoms with Gasteiger partial charge in [0.05, 0.1) is 0 Å². The number of likely N-dealkylation sites (tertiary alicyclic amines) is 1. The molecule has 5 heteroatoms. The summed E-state index contributed by atoms with van der Waals surface area (Å²) in [5, 5.41) is 3.37. The van der Waals surface area contributed by atoms with Crippen LogP contribution in [0.25, 0.3) is 0 Å². The average Bonchev–Trinajstić information content (AvgIpc) is 2.29. The van der Waals surface area contributed by atoms with E-state index in [0.717, 1.165) is 38.4 Å². The highest BCUT2D eigenvalue weighted by Gasteiger charge is 2.23. The fourth-order valence-corrected chi connectivity index (χ4v) is 2.34. The van der Waals surface area contributed by atoms with Crippen molar-refractivity contribution in [2.24, 2.45) is 22.6 Å². The zero-order valence-corrected chi connectivity index (χ0v) is 11.8. The molecule has 0 spiro atoms. The third-order valence-electron chi connectivity index (χ3n) is 3.19. The van der Waals surface area contributed by atoms with Crippen molar-refractivity contribution in [3.05, 3.63) is 0 Å². The van der Waals surface area contributed by atoms with Gasteiger partial charge in [0.1, 0.15) is 0 Å². The van der Waals surface area contributed by atoms with E-state index in [2.05, 4.69) is 29.1 Å². The van der Waals surface area contributed by atoms with Crippen LogP contribution in [0.5, 0.6) is 0 Å². The molecule has 0 saturated carbocycles. The Kier molecular flexibility index (Phi) is 5.95. The van der Waals surface area contributed by atoms with Crippen molar-refractivity contribution in [3.8, 4) is 0 Å². The van der Waals surface area contributed by atoms with Crippen LogP contribution in [-0.2, 0) is 4.79 Å². The molecule has 18 heavy (non-hydrogen) atoms. The Morgan fingerprint density at radius 1 is 1.56 bits per heavy atom. The highest BCUT2D eigenvalue weighted by atomic mass is 16.1. The number of amides is 1. The first-order valence-electron chi connectivity index (χ1n) is 6.76. The third kappa shape index (κ3) is 4.94. The lowest BCUT2D eigenvalue weighted by atomic mass is 9.95. The maximum atomic E-state index is 11.0. The van der Waals surface area contributed by atoms with E-state index < -0.39 is 0 Å². The molecule has 104 valence electrons. The van der Waals surface area contributed by atoms with Crippen LogP contribution in [0.1, 0.15) is 33.1 Å². The Balaban J connectivity index is 2.50. The topological polar surface area (TPSA) is 70.7 Å². The molecular weight excluding hydrogens is 228 g/mol. The number of nitrogens with zero attached hydrogens (tertiary/aromatic N) is 2. The Morgan fingerprint density at radius 3 is 2.83 bits per heavy atom. The Bertz CT molecular complexity index is 301. The minimum Gasteiger partial charge on any atom is -0.370 e. The molecular formula is C13H26N4O. The number of rotatable bonds is 4. The van der Waals surface area contributed by atoms with Gasteiger partial charge in [0.15, 0.2) is 5.96 Å². The van der Waals surface area contributed by atoms with Crippen molar-refractivity contribution < 1.29 is 4.79 Å². The molecule has 0 aromatic carbocycles. The average molecular weight is 254 g/mol. The van der Waals surface area contributed by atoms with Gasteiger partial charge in [-0.15, -0.1) is 0 Å². The van der Waals surface area contributed by atoms with Crippen LogP contribution in [0.3, 0.4) is 0 Å². The first-order chi connectivity index (χ1) is 8.52. The van der Waals surface area contributed by atoms with Gasteiger partial charge >= 0.3 is 0 Å². The number of piperidine rings is 1. The van der Waals surface area contributed by atoms with Gasteiger partial charge in [0, 0.05) is 33.1 Å². The standard InChI is InChI=1S/C13H26N4O/c1-10(2)8-16-13(15-3)17-6-4-5-11(9-17)7-12(14)18/h10-11H,4-9H2,1-3H3,(H2,14,18)(H,15,16). The number of hydrogen-bond acceptors (Lipinski definition) is 2. The molecule has 1 amide bonds. The molecule has 5 nitrogen and oxygen atoms in total. The summed E-state index contributed by atoms with van der Waals surface area (Å²) in [6.07, 6.45) is 2.67. The number of carbonyl (C=O) groups is 1. The third-order valence-corrected chi connectivity index (χ3v) is 3.19. The summed E-state index contributed by atoms with van der Waals surface area (Å²) in [4.78, 5) is 17.5. The van der Waals surface area contributed by atoms with Gasteiger partial charge in [0.2, 0.25) is 5.91 Å². The highest BCUT2D eigenvalue weighted by Crippen LogP contribution is 2.19. The molecule has 0 aliphatic carbocycles. The number of nitrogens with two attached hydrogens (primary N) is 1. The minimum absolute atomic E-state index is 0.202. The maximum absolute atomic E-state index is 11.0. The van der Waals surface area contributed by atoms with Crippen LogP contribution in [-0.4, -0.2) is 43.4 Å². The summed E-state index contributed by atoms with van der Waals surface area (Å²) in [6.45, 7) is 7.15. The molecule has 0 aromatic heterocycles. The molecule has 0 aromatic rings. The van der Waals surface area contributed by atoms with Gasteiger partial charge in [-0.3, -0.25) is 9.79 Å². The molecule has 1 unspecified atom stereocenters. The van der Waals surface area contributed by atoms with Gasteiger partial charge < -0.3 is 16.0 Å². The lowest BCUT2D eigenvalue weighted by molar-refractivity contribution is -0.119. The predicted molar refractivity (Wildman–Crippen MR) is 74.3 cm³/mol. The van der Waals surface area contributed by atoms with Crippen LogP contribution in [0.15, 0.2) is 4.99 Å². The summed E-state index contributed by atoms with van der Waals surface area (Å²) < 4.78 is 0. The van der Waals surface area contributed by atoms with Crippen molar-refractivity contribution in [1.29, 1.82) is 0 Å². The molecule has 1 saturated heterocycles. The summed E-state index contributed by atoms with van der Waals surface area (Å²) in [6, 6.07) is 0. The normalized spacial score (nSPS) is 21.2. The van der Waals surface area contributed by atoms with Crippen LogP contribution in [0, 0.1) is 11.8 Å². The fraction of sp³-hybridized carbons (Fsp3) is 0.846. The first-order valence-corrected chi connectivity index (χ1v) is 6.76. The van der Waals surface area contributed by atoms with Crippen LogP contribution in [0.2, 0.25) is 0 Å². The van der Waals surface area contributed by atoms with Crippen LogP contribution < -0.4 is 11.1 Å². The zero-order chi connectivity index (χ0) is 13.5. The molecule has 1 fully saturated rings. The van der Waals surface area contributed by atoms with Crippen LogP contribution >= 0.6 is 0 Å². The first kappa shape index (κ1) is 14.8. The second-order valence-corrected chi connectivity index (χ2v) is 5.45. The lowest BCUT2D eigenvalue weighted by Gasteiger charge is -2.34. The monoisotopic (exact) mass is 254 g/mol. The number of hydrogen-bond donors (Lipinski definition) is 2. The van der Waals surface area contributed by atoms with Gasteiger partial charge in [-0.25, -0.2) is 0 Å². The van der Waals surface area contributed by atoms with Gasteiger partial charge in [-0.2, -0.15) is 0 Å². The predicted octanol–water partition coefficient (Wildman–Crippen LogP) is 0.805. The van der Waals surface area contributed by atoms with E-state index in [-0.39, 0.29) is 5.91 Å². The van der Waals surface area contributed by atoms with Gasteiger partial charge in [0.25, 0.3) is 0 Å². The number of primary amides is 1. The van der Waals surface area contributed by atoms with E-state index in [1.165, 1.54) is 0 Å². The largest absolute Gasteiger partial charge is 0.370 e.